The first-order valence-electron chi connectivity index (χ1n) is 10.2. The zero-order valence-corrected chi connectivity index (χ0v) is 18.4. The van der Waals surface area contributed by atoms with Gasteiger partial charge in [0.1, 0.15) is 11.9 Å². The minimum Gasteiger partial charge on any atom is -0.371 e. The molecule has 0 aliphatic rings. The third-order valence-electron chi connectivity index (χ3n) is 5.36. The minimum absolute atomic E-state index is 0.292. The Hall–Kier alpha value is -2.92. The molecule has 5 nitrogen and oxygen atoms in total. The lowest BCUT2D eigenvalue weighted by Gasteiger charge is -2.34. The summed E-state index contributed by atoms with van der Waals surface area (Å²) in [6.07, 6.45) is 1.28. The van der Waals surface area contributed by atoms with E-state index in [1.54, 1.807) is 0 Å². The van der Waals surface area contributed by atoms with Crippen molar-refractivity contribution < 1.29 is 9.53 Å². The third kappa shape index (κ3) is 4.79. The van der Waals surface area contributed by atoms with E-state index < -0.39 is 12.0 Å². The maximum atomic E-state index is 12.2. The standard InChI is InChI=1S/C25H31N3O2/c1-17-10-9-11-18(14-17)15-28-16-20(19-12-7-6-8-13-19)27-24(28)21(25(2,3)4)22(30-5)23(26)29/h6-14,16,21-22H,15H2,1-5H3,(H2,26,29)/t21-,22?/m0/s1. The van der Waals surface area contributed by atoms with Crippen molar-refractivity contribution >= 4 is 5.91 Å². The predicted octanol–water partition coefficient (Wildman–Crippen LogP) is 4.54. The van der Waals surface area contributed by atoms with Gasteiger partial charge in [-0.1, -0.05) is 80.9 Å². The van der Waals surface area contributed by atoms with E-state index in [2.05, 4.69) is 62.7 Å². The molecule has 0 aliphatic carbocycles. The molecular formula is C25H31N3O2. The molecule has 0 radical (unpaired) electrons. The van der Waals surface area contributed by atoms with Gasteiger partial charge in [-0.25, -0.2) is 4.98 Å². The largest absolute Gasteiger partial charge is 0.371 e. The first kappa shape index (κ1) is 21.8. The normalized spacial score (nSPS) is 13.8. The topological polar surface area (TPSA) is 70.1 Å². The summed E-state index contributed by atoms with van der Waals surface area (Å²) in [6.45, 7) is 8.99. The van der Waals surface area contributed by atoms with E-state index in [1.807, 2.05) is 30.3 Å². The Morgan fingerprint density at radius 1 is 1.13 bits per heavy atom. The summed E-state index contributed by atoms with van der Waals surface area (Å²) in [5.41, 5.74) is 9.71. The van der Waals surface area contributed by atoms with Gasteiger partial charge in [0, 0.05) is 25.4 Å². The van der Waals surface area contributed by atoms with Gasteiger partial charge in [0.2, 0.25) is 5.91 Å². The average Bonchev–Trinajstić information content (AvgIpc) is 3.08. The predicted molar refractivity (Wildman–Crippen MR) is 120 cm³/mol. The summed E-state index contributed by atoms with van der Waals surface area (Å²) in [5, 5.41) is 0. The molecule has 2 aromatic carbocycles. The van der Waals surface area contributed by atoms with E-state index >= 15 is 0 Å². The highest BCUT2D eigenvalue weighted by atomic mass is 16.5. The highest BCUT2D eigenvalue weighted by molar-refractivity contribution is 5.80. The summed E-state index contributed by atoms with van der Waals surface area (Å²) in [5.74, 6) is 0.0135. The molecule has 0 fully saturated rings. The molecule has 2 N–H and O–H groups in total. The zero-order valence-electron chi connectivity index (χ0n) is 18.4. The lowest BCUT2D eigenvalue weighted by Crippen LogP contribution is -2.42. The van der Waals surface area contributed by atoms with Crippen molar-refractivity contribution in [2.45, 2.75) is 46.3 Å². The molecule has 3 rings (SSSR count). The van der Waals surface area contributed by atoms with Crippen LogP contribution in [0.5, 0.6) is 0 Å². The number of imidazole rings is 1. The van der Waals surface area contributed by atoms with Crippen LogP contribution in [0.2, 0.25) is 0 Å². The highest BCUT2D eigenvalue weighted by Gasteiger charge is 2.40. The fourth-order valence-electron chi connectivity index (χ4n) is 3.95. The Bertz CT molecular complexity index is 1000. The van der Waals surface area contributed by atoms with Gasteiger partial charge in [0.05, 0.1) is 11.6 Å². The number of primary amides is 1. The maximum Gasteiger partial charge on any atom is 0.247 e. The van der Waals surface area contributed by atoms with Crippen molar-refractivity contribution in [1.29, 1.82) is 0 Å². The Labute approximate surface area is 178 Å². The van der Waals surface area contributed by atoms with Crippen LogP contribution in [0, 0.1) is 12.3 Å². The van der Waals surface area contributed by atoms with Crippen LogP contribution in [-0.2, 0) is 16.1 Å². The summed E-state index contributed by atoms with van der Waals surface area (Å²) in [7, 11) is 1.53. The Morgan fingerprint density at radius 2 is 1.83 bits per heavy atom. The van der Waals surface area contributed by atoms with Gasteiger partial charge >= 0.3 is 0 Å². The fourth-order valence-corrected chi connectivity index (χ4v) is 3.95. The number of aromatic nitrogens is 2. The summed E-state index contributed by atoms with van der Waals surface area (Å²) in [4.78, 5) is 17.2. The van der Waals surface area contributed by atoms with Gasteiger partial charge < -0.3 is 15.0 Å². The minimum atomic E-state index is -0.771. The Kier molecular flexibility index (Phi) is 6.42. The lowest BCUT2D eigenvalue weighted by atomic mass is 9.76. The number of carbonyl (C=O) groups excluding carboxylic acids is 1. The van der Waals surface area contributed by atoms with Crippen molar-refractivity contribution in [3.63, 3.8) is 0 Å². The second kappa shape index (κ2) is 8.84. The van der Waals surface area contributed by atoms with E-state index in [1.165, 1.54) is 18.2 Å². The molecule has 5 heteroatoms. The first-order chi connectivity index (χ1) is 14.2. The van der Waals surface area contributed by atoms with E-state index in [0.717, 1.165) is 17.1 Å². The molecule has 1 aromatic heterocycles. The van der Waals surface area contributed by atoms with E-state index in [0.29, 0.717) is 6.54 Å². The van der Waals surface area contributed by atoms with E-state index in [4.69, 9.17) is 15.5 Å². The van der Waals surface area contributed by atoms with Gasteiger partial charge in [-0.3, -0.25) is 4.79 Å². The van der Waals surface area contributed by atoms with Crippen molar-refractivity contribution in [3.8, 4) is 11.3 Å². The average molecular weight is 406 g/mol. The van der Waals surface area contributed by atoms with Gasteiger partial charge in [-0.05, 0) is 17.9 Å². The number of methoxy groups -OCH3 is 1. The fraction of sp³-hybridized carbons (Fsp3) is 0.360. The summed E-state index contributed by atoms with van der Waals surface area (Å²) in [6, 6.07) is 18.5. The second-order valence-corrected chi connectivity index (χ2v) is 8.87. The highest BCUT2D eigenvalue weighted by Crippen LogP contribution is 2.39. The number of nitrogens with two attached hydrogens (primary N) is 1. The number of hydrogen-bond donors (Lipinski definition) is 1. The smallest absolute Gasteiger partial charge is 0.247 e. The molecule has 0 spiro atoms. The summed E-state index contributed by atoms with van der Waals surface area (Å²) >= 11 is 0. The molecule has 1 unspecified atom stereocenters. The van der Waals surface area contributed by atoms with Crippen molar-refractivity contribution in [2.75, 3.05) is 7.11 Å². The number of amides is 1. The molecule has 3 aromatic rings. The molecular weight excluding hydrogens is 374 g/mol. The van der Waals surface area contributed by atoms with Crippen LogP contribution in [0.1, 0.15) is 43.6 Å². The third-order valence-corrected chi connectivity index (χ3v) is 5.36. The van der Waals surface area contributed by atoms with Gasteiger partial charge in [-0.2, -0.15) is 0 Å². The number of nitrogens with zero attached hydrogens (tertiary/aromatic N) is 2. The molecule has 0 saturated carbocycles. The maximum absolute atomic E-state index is 12.2. The van der Waals surface area contributed by atoms with E-state index in [9.17, 15) is 4.79 Å². The van der Waals surface area contributed by atoms with Crippen molar-refractivity contribution in [3.05, 3.63) is 77.7 Å². The van der Waals surface area contributed by atoms with Crippen LogP contribution in [0.3, 0.4) is 0 Å². The lowest BCUT2D eigenvalue weighted by molar-refractivity contribution is -0.131. The van der Waals surface area contributed by atoms with Crippen LogP contribution in [0.4, 0.5) is 0 Å². The van der Waals surface area contributed by atoms with Gasteiger partial charge in [0.15, 0.2) is 0 Å². The zero-order chi connectivity index (χ0) is 21.9. The number of hydrogen-bond acceptors (Lipinski definition) is 3. The number of carbonyl (C=O) groups is 1. The molecule has 30 heavy (non-hydrogen) atoms. The van der Waals surface area contributed by atoms with Crippen LogP contribution < -0.4 is 5.73 Å². The van der Waals surface area contributed by atoms with Crippen LogP contribution in [0.25, 0.3) is 11.3 Å². The second-order valence-electron chi connectivity index (χ2n) is 8.87. The van der Waals surface area contributed by atoms with Crippen molar-refractivity contribution in [1.82, 2.24) is 9.55 Å². The Morgan fingerprint density at radius 3 is 2.40 bits per heavy atom. The monoisotopic (exact) mass is 405 g/mol. The number of rotatable bonds is 7. The molecule has 1 heterocycles. The van der Waals surface area contributed by atoms with Crippen molar-refractivity contribution in [2.24, 2.45) is 11.1 Å². The van der Waals surface area contributed by atoms with Crippen LogP contribution in [0.15, 0.2) is 60.8 Å². The SMILES string of the molecule is COC(C(N)=O)[C@@H](c1nc(-c2ccccc2)cn1Cc1cccc(C)c1)C(C)(C)C. The van der Waals surface area contributed by atoms with Gasteiger partial charge in [0.25, 0.3) is 0 Å². The van der Waals surface area contributed by atoms with Crippen LogP contribution >= 0.6 is 0 Å². The molecule has 158 valence electrons. The quantitative estimate of drug-likeness (QED) is 0.627. The molecule has 2 atom stereocenters. The molecule has 0 aliphatic heterocycles. The molecule has 0 bridgehead atoms. The number of benzene rings is 2. The van der Waals surface area contributed by atoms with Gasteiger partial charge in [-0.15, -0.1) is 0 Å². The summed E-state index contributed by atoms with van der Waals surface area (Å²) < 4.78 is 7.69. The first-order valence-corrected chi connectivity index (χ1v) is 10.2. The van der Waals surface area contributed by atoms with E-state index in [-0.39, 0.29) is 11.3 Å². The molecule has 1 amide bonds. The Balaban J connectivity index is 2.16. The van der Waals surface area contributed by atoms with Crippen LogP contribution in [-0.4, -0.2) is 28.7 Å². The number of ether oxygens (including phenoxy) is 1. The number of aryl methyl sites for hydroxylation is 1. The molecule has 0 saturated heterocycles.